The summed E-state index contributed by atoms with van der Waals surface area (Å²) in [4.78, 5) is 15.6. The maximum Gasteiger partial charge on any atom is 0.357 e. The van der Waals surface area contributed by atoms with Crippen molar-refractivity contribution >= 4 is 28.1 Å². The van der Waals surface area contributed by atoms with Gasteiger partial charge in [-0.25, -0.2) is 23.6 Å². The number of ether oxygens (including phenoxy) is 1. The van der Waals surface area contributed by atoms with Crippen molar-refractivity contribution in [2.24, 2.45) is 11.0 Å². The maximum absolute atomic E-state index is 13.5. The van der Waals surface area contributed by atoms with E-state index in [2.05, 4.69) is 10.1 Å². The van der Waals surface area contributed by atoms with Crippen LogP contribution < -0.4 is 5.01 Å². The van der Waals surface area contributed by atoms with Crippen molar-refractivity contribution in [3.05, 3.63) is 11.1 Å². The van der Waals surface area contributed by atoms with Gasteiger partial charge in [-0.1, -0.05) is 0 Å². The Kier molecular flexibility index (Phi) is 3.85. The lowest BCUT2D eigenvalue weighted by Crippen LogP contribution is -2.54. The molecule has 6 nitrogen and oxygen atoms in total. The van der Waals surface area contributed by atoms with Crippen LogP contribution in [0.2, 0.25) is 0 Å². The van der Waals surface area contributed by atoms with E-state index < -0.39 is 24.0 Å². The summed E-state index contributed by atoms with van der Waals surface area (Å²) in [5, 5.41) is 17.0. The molecule has 1 N–H and O–H groups in total. The summed E-state index contributed by atoms with van der Waals surface area (Å²) in [5.74, 6) is -1.32. The van der Waals surface area contributed by atoms with Crippen molar-refractivity contribution in [2.75, 3.05) is 11.6 Å². The SMILES string of the molecule is CCOC(=O)c1csc(N2N=C3CCC[C@H]3[C@]2(O)C(F)F)n1. The summed E-state index contributed by atoms with van der Waals surface area (Å²) >= 11 is 0.973. The Bertz CT molecular complexity index is 621. The van der Waals surface area contributed by atoms with Gasteiger partial charge in [0.15, 0.2) is 5.69 Å². The molecule has 2 atom stereocenters. The van der Waals surface area contributed by atoms with Crippen molar-refractivity contribution in [1.29, 1.82) is 0 Å². The van der Waals surface area contributed by atoms with Gasteiger partial charge in [-0.2, -0.15) is 5.10 Å². The number of thiazole rings is 1. The number of anilines is 1. The van der Waals surface area contributed by atoms with Gasteiger partial charge in [0.25, 0.3) is 6.43 Å². The normalized spacial score (nSPS) is 27.2. The summed E-state index contributed by atoms with van der Waals surface area (Å²) in [6.07, 6.45) is -1.21. The van der Waals surface area contributed by atoms with Crippen LogP contribution in [0.25, 0.3) is 0 Å². The number of alkyl halides is 2. The minimum Gasteiger partial charge on any atom is -0.461 e. The van der Waals surface area contributed by atoms with E-state index in [1.54, 1.807) is 6.92 Å². The average molecular weight is 331 g/mol. The number of aliphatic hydroxyl groups is 1. The molecule has 0 bridgehead atoms. The Hall–Kier alpha value is -1.61. The fraction of sp³-hybridized carbons (Fsp3) is 0.615. The van der Waals surface area contributed by atoms with E-state index in [0.717, 1.165) is 22.8 Å². The van der Waals surface area contributed by atoms with Crippen LogP contribution in [0.1, 0.15) is 36.7 Å². The van der Waals surface area contributed by atoms with Gasteiger partial charge in [0.05, 0.1) is 12.5 Å². The maximum atomic E-state index is 13.5. The zero-order valence-electron chi connectivity index (χ0n) is 11.8. The van der Waals surface area contributed by atoms with E-state index in [1.165, 1.54) is 5.38 Å². The number of hydrazone groups is 1. The lowest BCUT2D eigenvalue weighted by atomic mass is 9.94. The highest BCUT2D eigenvalue weighted by atomic mass is 32.1. The molecule has 120 valence electrons. The lowest BCUT2D eigenvalue weighted by Gasteiger charge is -2.33. The highest BCUT2D eigenvalue weighted by Gasteiger charge is 2.59. The number of halogens is 2. The van der Waals surface area contributed by atoms with Gasteiger partial charge in [-0.15, -0.1) is 11.3 Å². The van der Waals surface area contributed by atoms with Gasteiger partial charge in [-0.3, -0.25) is 0 Å². The number of nitrogens with zero attached hydrogens (tertiary/aromatic N) is 3. The molecule has 2 heterocycles. The molecule has 0 amide bonds. The molecule has 0 spiro atoms. The molecule has 0 aromatic carbocycles. The van der Waals surface area contributed by atoms with E-state index in [0.29, 0.717) is 18.6 Å². The average Bonchev–Trinajstić information content (AvgIpc) is 3.16. The second-order valence-electron chi connectivity index (χ2n) is 5.17. The van der Waals surface area contributed by atoms with Gasteiger partial charge in [0.2, 0.25) is 10.9 Å². The number of carbonyl (C=O) groups excluding carboxylic acids is 1. The first-order valence-corrected chi connectivity index (χ1v) is 7.87. The Morgan fingerprint density at radius 3 is 3.14 bits per heavy atom. The van der Waals surface area contributed by atoms with E-state index in [1.807, 2.05) is 0 Å². The summed E-state index contributed by atoms with van der Waals surface area (Å²) in [5.41, 5.74) is -1.80. The Labute approximate surface area is 129 Å². The molecule has 22 heavy (non-hydrogen) atoms. The van der Waals surface area contributed by atoms with Gasteiger partial charge in [-0.05, 0) is 26.2 Å². The van der Waals surface area contributed by atoms with Crippen LogP contribution >= 0.6 is 11.3 Å². The molecule has 0 radical (unpaired) electrons. The fourth-order valence-electron chi connectivity index (χ4n) is 2.86. The standard InChI is InChI=1S/C13H15F2N3O3S/c1-2-21-10(19)9-6-22-12(16-9)18-13(20,11(14)15)7-4-3-5-8(7)17-18/h6-7,11,20H,2-5H2,1H3/t7-,13+/m1/s1. The molecule has 1 aliphatic carbocycles. The molecular weight excluding hydrogens is 316 g/mol. The second-order valence-corrected chi connectivity index (χ2v) is 6.00. The summed E-state index contributed by atoms with van der Waals surface area (Å²) in [6, 6.07) is 0. The van der Waals surface area contributed by atoms with Crippen LogP contribution in [0.15, 0.2) is 10.5 Å². The first kappa shape index (κ1) is 15.3. The van der Waals surface area contributed by atoms with Gasteiger partial charge >= 0.3 is 5.97 Å². The van der Waals surface area contributed by atoms with Gasteiger partial charge < -0.3 is 9.84 Å². The monoisotopic (exact) mass is 331 g/mol. The predicted molar refractivity (Wildman–Crippen MR) is 76.3 cm³/mol. The third-order valence-electron chi connectivity index (χ3n) is 3.89. The first-order valence-electron chi connectivity index (χ1n) is 6.99. The summed E-state index contributed by atoms with van der Waals surface area (Å²) in [6.45, 7) is 1.86. The quantitative estimate of drug-likeness (QED) is 0.857. The van der Waals surface area contributed by atoms with Crippen molar-refractivity contribution in [1.82, 2.24) is 4.98 Å². The van der Waals surface area contributed by atoms with Crippen LogP contribution in [0.4, 0.5) is 13.9 Å². The number of aromatic nitrogens is 1. The largest absolute Gasteiger partial charge is 0.461 e. The number of hydrogen-bond acceptors (Lipinski definition) is 7. The number of fused-ring (bicyclic) bond motifs is 1. The van der Waals surface area contributed by atoms with Crippen molar-refractivity contribution in [2.45, 2.75) is 38.3 Å². The molecule has 1 aliphatic heterocycles. The number of carbonyl (C=O) groups is 1. The highest BCUT2D eigenvalue weighted by Crippen LogP contribution is 2.46. The molecule has 1 saturated carbocycles. The van der Waals surface area contributed by atoms with Crippen LogP contribution in [-0.2, 0) is 4.74 Å². The van der Waals surface area contributed by atoms with E-state index >= 15 is 0 Å². The zero-order chi connectivity index (χ0) is 15.9. The number of hydrogen-bond donors (Lipinski definition) is 1. The third-order valence-corrected chi connectivity index (χ3v) is 4.70. The summed E-state index contributed by atoms with van der Waals surface area (Å²) in [7, 11) is 0. The Morgan fingerprint density at radius 2 is 2.45 bits per heavy atom. The predicted octanol–water partition coefficient (Wildman–Crippen LogP) is 2.25. The summed E-state index contributed by atoms with van der Waals surface area (Å²) < 4.78 is 31.8. The minimum absolute atomic E-state index is 0.0238. The first-order chi connectivity index (χ1) is 10.5. The zero-order valence-corrected chi connectivity index (χ0v) is 12.6. The molecule has 1 aromatic rings. The molecule has 3 rings (SSSR count). The molecule has 0 unspecified atom stereocenters. The van der Waals surface area contributed by atoms with E-state index in [9.17, 15) is 18.7 Å². The Balaban J connectivity index is 1.93. The number of esters is 1. The van der Waals surface area contributed by atoms with Gasteiger partial charge in [0, 0.05) is 11.1 Å². The Morgan fingerprint density at radius 1 is 1.68 bits per heavy atom. The third kappa shape index (κ3) is 2.19. The van der Waals surface area contributed by atoms with Crippen LogP contribution in [-0.4, -0.2) is 40.5 Å². The highest BCUT2D eigenvalue weighted by molar-refractivity contribution is 7.14. The van der Waals surface area contributed by atoms with E-state index in [4.69, 9.17) is 4.74 Å². The van der Waals surface area contributed by atoms with E-state index in [-0.39, 0.29) is 17.4 Å². The second kappa shape index (κ2) is 5.54. The van der Waals surface area contributed by atoms with Crippen molar-refractivity contribution in [3.8, 4) is 0 Å². The molecule has 1 fully saturated rings. The molecular formula is C13H15F2N3O3S. The van der Waals surface area contributed by atoms with Gasteiger partial charge in [0.1, 0.15) is 0 Å². The molecule has 0 saturated heterocycles. The smallest absolute Gasteiger partial charge is 0.357 e. The topological polar surface area (TPSA) is 75.0 Å². The lowest BCUT2D eigenvalue weighted by molar-refractivity contribution is -0.111. The molecule has 1 aromatic heterocycles. The molecule has 9 heteroatoms. The van der Waals surface area contributed by atoms with Crippen LogP contribution in [0.5, 0.6) is 0 Å². The molecule has 2 aliphatic rings. The van der Waals surface area contributed by atoms with Crippen LogP contribution in [0.3, 0.4) is 0 Å². The fourth-order valence-corrected chi connectivity index (χ4v) is 3.67. The van der Waals surface area contributed by atoms with Crippen molar-refractivity contribution in [3.63, 3.8) is 0 Å². The van der Waals surface area contributed by atoms with Crippen LogP contribution in [0, 0.1) is 5.92 Å². The van der Waals surface area contributed by atoms with Crippen molar-refractivity contribution < 1.29 is 23.4 Å². The number of rotatable bonds is 4. The minimum atomic E-state index is -2.99.